The van der Waals surface area contributed by atoms with E-state index < -0.39 is 8.32 Å². The molecule has 4 aromatic rings. The largest absolute Gasteiger partial charge is 0.493 e. The van der Waals surface area contributed by atoms with Gasteiger partial charge >= 0.3 is 0 Å². The molecule has 2 heterocycles. The second-order valence-electron chi connectivity index (χ2n) is 13.5. The van der Waals surface area contributed by atoms with Crippen LogP contribution in [0.5, 0.6) is 23.0 Å². The van der Waals surface area contributed by atoms with Gasteiger partial charge in [-0.2, -0.15) is 0 Å². The fraction of sp³-hybridized carbons (Fsp3) is 0.405. The van der Waals surface area contributed by atoms with Crippen LogP contribution in [0.25, 0.3) is 21.9 Å². The first-order valence-corrected chi connectivity index (χ1v) is 18.6. The Morgan fingerprint density at radius 1 is 0.909 bits per heavy atom. The van der Waals surface area contributed by atoms with E-state index in [1.807, 2.05) is 24.3 Å². The molecule has 44 heavy (non-hydrogen) atoms. The average Bonchev–Trinajstić information content (AvgIpc) is 3.46. The van der Waals surface area contributed by atoms with Gasteiger partial charge in [0.25, 0.3) is 0 Å². The third kappa shape index (κ3) is 5.63. The molecule has 0 spiro atoms. The highest BCUT2D eigenvalue weighted by Crippen LogP contribution is 2.54. The third-order valence-corrected chi connectivity index (χ3v) is 14.2. The standard InChI is InChI=1S/C37H45NO5Si/c1-37(2,3)44(6,7)43-20-12-11-15-30-34-27(18-19-31(39-5)36(34)40-23-25-13-9-8-10-14-25)28-17-16-26-21-32-33(42-24-41-32)22-29(26)35(28)38(30)4/h8-10,13-14,16-19,21-22,30H,11-12,15,20,23-24H2,1-7H3. The summed E-state index contributed by atoms with van der Waals surface area (Å²) in [5.41, 5.74) is 5.87. The molecule has 2 aliphatic rings. The first kappa shape index (κ1) is 30.3. The number of methoxy groups -OCH3 is 1. The zero-order valence-electron chi connectivity index (χ0n) is 27.2. The van der Waals surface area contributed by atoms with Gasteiger partial charge in [0.15, 0.2) is 31.3 Å². The molecule has 0 saturated heterocycles. The summed E-state index contributed by atoms with van der Waals surface area (Å²) in [6, 6.07) is 23.3. The number of unbranched alkanes of at least 4 members (excludes halogenated alkanes) is 1. The Kier molecular flexibility index (Phi) is 8.29. The number of benzene rings is 4. The molecule has 1 atom stereocenters. The third-order valence-electron chi connectivity index (χ3n) is 9.68. The van der Waals surface area contributed by atoms with Crippen molar-refractivity contribution in [3.63, 3.8) is 0 Å². The average molecular weight is 612 g/mol. The first-order chi connectivity index (χ1) is 21.1. The van der Waals surface area contributed by atoms with E-state index in [4.69, 9.17) is 23.4 Å². The lowest BCUT2D eigenvalue weighted by molar-refractivity contribution is 0.174. The van der Waals surface area contributed by atoms with E-state index in [1.165, 1.54) is 22.4 Å². The second-order valence-corrected chi connectivity index (χ2v) is 18.3. The van der Waals surface area contributed by atoms with Gasteiger partial charge in [-0.25, -0.2) is 0 Å². The molecular weight excluding hydrogens is 566 g/mol. The quantitative estimate of drug-likeness (QED) is 0.131. The van der Waals surface area contributed by atoms with Gasteiger partial charge in [0.05, 0.1) is 18.8 Å². The zero-order chi connectivity index (χ0) is 31.1. The molecule has 0 aromatic heterocycles. The van der Waals surface area contributed by atoms with Crippen molar-refractivity contribution < 1.29 is 23.4 Å². The van der Waals surface area contributed by atoms with Crippen LogP contribution in [0.2, 0.25) is 18.1 Å². The van der Waals surface area contributed by atoms with Gasteiger partial charge in [-0.3, -0.25) is 0 Å². The highest BCUT2D eigenvalue weighted by Gasteiger charge is 2.37. The van der Waals surface area contributed by atoms with E-state index in [-0.39, 0.29) is 17.9 Å². The lowest BCUT2D eigenvalue weighted by Crippen LogP contribution is -2.41. The van der Waals surface area contributed by atoms with E-state index in [0.29, 0.717) is 6.61 Å². The zero-order valence-corrected chi connectivity index (χ0v) is 28.2. The van der Waals surface area contributed by atoms with E-state index in [2.05, 4.69) is 88.3 Å². The molecule has 0 N–H and O–H groups in total. The fourth-order valence-corrected chi connectivity index (χ4v) is 7.24. The monoisotopic (exact) mass is 611 g/mol. The number of rotatable bonds is 10. The van der Waals surface area contributed by atoms with Crippen LogP contribution in [0.3, 0.4) is 0 Å². The molecule has 2 aliphatic heterocycles. The Morgan fingerprint density at radius 3 is 2.36 bits per heavy atom. The van der Waals surface area contributed by atoms with Gasteiger partial charge < -0.3 is 28.3 Å². The van der Waals surface area contributed by atoms with Crippen molar-refractivity contribution in [2.75, 3.05) is 32.5 Å². The summed E-state index contributed by atoms with van der Waals surface area (Å²) in [7, 11) is 2.15. The van der Waals surface area contributed by atoms with Crippen LogP contribution in [-0.4, -0.2) is 35.9 Å². The van der Waals surface area contributed by atoms with Crippen LogP contribution in [0.1, 0.15) is 57.2 Å². The van der Waals surface area contributed by atoms with Gasteiger partial charge in [-0.1, -0.05) is 63.2 Å². The summed E-state index contributed by atoms with van der Waals surface area (Å²) >= 11 is 0. The minimum atomic E-state index is -1.79. The van der Waals surface area contributed by atoms with E-state index >= 15 is 0 Å². The number of hydrogen-bond acceptors (Lipinski definition) is 6. The van der Waals surface area contributed by atoms with Crippen LogP contribution in [-0.2, 0) is 11.0 Å². The van der Waals surface area contributed by atoms with Crippen molar-refractivity contribution in [2.45, 2.75) is 70.8 Å². The summed E-state index contributed by atoms with van der Waals surface area (Å²) in [5, 5.41) is 2.50. The molecule has 232 valence electrons. The molecule has 4 aromatic carbocycles. The predicted molar refractivity (Wildman–Crippen MR) is 181 cm³/mol. The van der Waals surface area contributed by atoms with Crippen molar-refractivity contribution in [3.8, 4) is 34.1 Å². The maximum Gasteiger partial charge on any atom is 0.231 e. The molecule has 6 rings (SSSR count). The first-order valence-electron chi connectivity index (χ1n) is 15.7. The van der Waals surface area contributed by atoms with Crippen molar-refractivity contribution in [1.82, 2.24) is 0 Å². The topological polar surface area (TPSA) is 49.4 Å². The number of anilines is 1. The van der Waals surface area contributed by atoms with Gasteiger partial charge in [0, 0.05) is 30.2 Å². The van der Waals surface area contributed by atoms with Crippen molar-refractivity contribution in [1.29, 1.82) is 0 Å². The Bertz CT molecular complexity index is 1650. The molecule has 6 nitrogen and oxygen atoms in total. The van der Waals surface area contributed by atoms with Crippen LogP contribution < -0.4 is 23.8 Å². The number of nitrogens with zero attached hydrogens (tertiary/aromatic N) is 1. The van der Waals surface area contributed by atoms with Crippen molar-refractivity contribution >= 4 is 24.8 Å². The van der Waals surface area contributed by atoms with Crippen LogP contribution >= 0.6 is 0 Å². The van der Waals surface area contributed by atoms with Crippen molar-refractivity contribution in [2.24, 2.45) is 0 Å². The molecule has 0 bridgehead atoms. The molecule has 0 radical (unpaired) electrons. The maximum atomic E-state index is 6.66. The van der Waals surface area contributed by atoms with Gasteiger partial charge in [-0.15, -0.1) is 0 Å². The molecule has 0 fully saturated rings. The fourth-order valence-electron chi connectivity index (χ4n) is 6.15. The lowest BCUT2D eigenvalue weighted by atomic mass is 9.83. The van der Waals surface area contributed by atoms with Crippen LogP contribution in [0.4, 0.5) is 5.69 Å². The van der Waals surface area contributed by atoms with Crippen molar-refractivity contribution in [3.05, 3.63) is 77.9 Å². The summed E-state index contributed by atoms with van der Waals surface area (Å²) < 4.78 is 30.6. The summed E-state index contributed by atoms with van der Waals surface area (Å²) in [6.45, 7) is 13.1. The Morgan fingerprint density at radius 2 is 1.64 bits per heavy atom. The van der Waals surface area contributed by atoms with Gasteiger partial charge in [0.2, 0.25) is 6.79 Å². The normalized spacial score (nSPS) is 15.7. The molecule has 1 unspecified atom stereocenters. The van der Waals surface area contributed by atoms with Gasteiger partial charge in [0.1, 0.15) is 6.61 Å². The lowest BCUT2D eigenvalue weighted by Gasteiger charge is -2.40. The van der Waals surface area contributed by atoms with Gasteiger partial charge in [-0.05, 0) is 78.2 Å². The van der Waals surface area contributed by atoms with Crippen LogP contribution in [0, 0.1) is 0 Å². The van der Waals surface area contributed by atoms with E-state index in [0.717, 1.165) is 65.2 Å². The minimum Gasteiger partial charge on any atom is -0.493 e. The summed E-state index contributed by atoms with van der Waals surface area (Å²) in [6.07, 6.45) is 3.00. The molecular formula is C37H45NO5Si. The van der Waals surface area contributed by atoms with E-state index in [1.54, 1.807) is 7.11 Å². The second kappa shape index (κ2) is 12.0. The highest BCUT2D eigenvalue weighted by molar-refractivity contribution is 6.74. The summed E-state index contributed by atoms with van der Waals surface area (Å²) in [4.78, 5) is 2.44. The highest BCUT2D eigenvalue weighted by atomic mass is 28.4. The SMILES string of the molecule is COc1ccc2c(c1OCc1ccccc1)C(CCCCO[Si](C)(C)C(C)(C)C)N(C)c1c-2ccc2cc3c(cc12)OCO3. The Balaban J connectivity index is 1.39. The number of ether oxygens (including phenoxy) is 4. The Labute approximate surface area is 263 Å². The molecule has 7 heteroatoms. The maximum absolute atomic E-state index is 6.66. The predicted octanol–water partition coefficient (Wildman–Crippen LogP) is 9.51. The molecule has 0 amide bonds. The molecule has 0 aliphatic carbocycles. The van der Waals surface area contributed by atoms with Crippen LogP contribution in [0.15, 0.2) is 66.7 Å². The number of hydrogen-bond donors (Lipinski definition) is 0. The smallest absolute Gasteiger partial charge is 0.231 e. The minimum absolute atomic E-state index is 0.0854. The van der Waals surface area contributed by atoms with E-state index in [9.17, 15) is 0 Å². The summed E-state index contributed by atoms with van der Waals surface area (Å²) in [5.74, 6) is 3.17. The molecule has 0 saturated carbocycles. The Hall–Kier alpha value is -3.68. The number of fused-ring (bicyclic) bond motifs is 6.